The number of benzene rings is 2. The third kappa shape index (κ3) is 4.71. The summed E-state index contributed by atoms with van der Waals surface area (Å²) in [5, 5.41) is 11.3. The predicted octanol–water partition coefficient (Wildman–Crippen LogP) is 4.42. The van der Waals surface area contributed by atoms with E-state index in [1.54, 1.807) is 24.5 Å². The molecule has 0 bridgehead atoms. The number of esters is 1. The van der Waals surface area contributed by atoms with Crippen LogP contribution in [0.2, 0.25) is 0 Å². The second kappa shape index (κ2) is 10.5. The van der Waals surface area contributed by atoms with Gasteiger partial charge in [0.25, 0.3) is 11.2 Å². The molecule has 4 aromatic rings. The fourth-order valence-corrected chi connectivity index (χ4v) is 6.11. The summed E-state index contributed by atoms with van der Waals surface area (Å²) in [6.07, 6.45) is 1.82. The van der Waals surface area contributed by atoms with E-state index >= 15 is 0 Å². The van der Waals surface area contributed by atoms with Gasteiger partial charge >= 0.3 is 5.97 Å². The van der Waals surface area contributed by atoms with Crippen LogP contribution in [0.1, 0.15) is 48.0 Å². The van der Waals surface area contributed by atoms with Gasteiger partial charge in [-0.15, -0.1) is 0 Å². The minimum atomic E-state index is -0.671. The minimum absolute atomic E-state index is 0.00346. The molecule has 1 aliphatic heterocycles. The normalized spacial score (nSPS) is 15.1. The summed E-state index contributed by atoms with van der Waals surface area (Å²) in [6.45, 7) is 9.52. The topological polar surface area (TPSA) is 109 Å². The number of nitro benzene ring substituents is 1. The minimum Gasteiger partial charge on any atom is -0.463 e. The number of thiazole rings is 1. The second-order valence-electron chi connectivity index (χ2n) is 9.65. The molecule has 0 radical (unpaired) electrons. The number of hydrogen-bond acceptors (Lipinski definition) is 7. The van der Waals surface area contributed by atoms with Gasteiger partial charge in [0, 0.05) is 23.5 Å². The predicted molar refractivity (Wildman–Crippen MR) is 153 cm³/mol. The SMILES string of the molecule is CCOC(=O)C1=C(C)N=c2s/c(=C/c3cc(C)n(-c4cccc([N+](=O)[O-])c4)c3C)c(=O)n2[C@H]1c1ccc(C)cc1. The van der Waals surface area contributed by atoms with Crippen LogP contribution in [-0.4, -0.2) is 26.6 Å². The fraction of sp³-hybridized carbons (Fsp3) is 0.233. The molecule has 0 unspecified atom stereocenters. The number of non-ortho nitro benzene ring substituents is 1. The summed E-state index contributed by atoms with van der Waals surface area (Å²) >= 11 is 1.26. The first-order valence-corrected chi connectivity index (χ1v) is 13.6. The number of carbonyl (C=O) groups is 1. The van der Waals surface area contributed by atoms with Crippen molar-refractivity contribution in [3.8, 4) is 5.69 Å². The van der Waals surface area contributed by atoms with Crippen molar-refractivity contribution in [2.75, 3.05) is 6.61 Å². The maximum absolute atomic E-state index is 13.9. The number of fused-ring (bicyclic) bond motifs is 1. The molecule has 0 N–H and O–H groups in total. The zero-order valence-electron chi connectivity index (χ0n) is 22.8. The number of aryl methyl sites for hydroxylation is 2. The van der Waals surface area contributed by atoms with Gasteiger partial charge in [-0.1, -0.05) is 47.2 Å². The van der Waals surface area contributed by atoms with Crippen LogP contribution in [-0.2, 0) is 9.53 Å². The van der Waals surface area contributed by atoms with Crippen molar-refractivity contribution in [1.82, 2.24) is 9.13 Å². The fourth-order valence-electron chi connectivity index (χ4n) is 5.07. The van der Waals surface area contributed by atoms with E-state index in [0.717, 1.165) is 28.1 Å². The Labute approximate surface area is 234 Å². The first-order chi connectivity index (χ1) is 19.1. The van der Waals surface area contributed by atoms with E-state index in [-0.39, 0.29) is 17.9 Å². The summed E-state index contributed by atoms with van der Waals surface area (Å²) in [5.41, 5.74) is 5.63. The molecular formula is C30H28N4O5S. The van der Waals surface area contributed by atoms with Gasteiger partial charge in [0.2, 0.25) is 0 Å². The van der Waals surface area contributed by atoms with E-state index in [1.807, 2.05) is 67.8 Å². The monoisotopic (exact) mass is 556 g/mol. The highest BCUT2D eigenvalue weighted by atomic mass is 32.1. The summed E-state index contributed by atoms with van der Waals surface area (Å²) in [6, 6.07) is 15.5. The van der Waals surface area contributed by atoms with Crippen LogP contribution in [0, 0.1) is 30.9 Å². The van der Waals surface area contributed by atoms with Gasteiger partial charge in [0.05, 0.1) is 39.1 Å². The van der Waals surface area contributed by atoms with Crippen molar-refractivity contribution < 1.29 is 14.5 Å². The Hall–Kier alpha value is -4.57. The first-order valence-electron chi connectivity index (χ1n) is 12.8. The Bertz CT molecular complexity index is 1880. The molecule has 0 saturated heterocycles. The van der Waals surface area contributed by atoms with Crippen LogP contribution < -0.4 is 14.9 Å². The van der Waals surface area contributed by atoms with Crippen molar-refractivity contribution in [2.45, 2.75) is 40.7 Å². The Kier molecular flexibility index (Phi) is 7.12. The van der Waals surface area contributed by atoms with E-state index in [1.165, 1.54) is 23.5 Å². The second-order valence-corrected chi connectivity index (χ2v) is 10.7. The quantitative estimate of drug-likeness (QED) is 0.198. The third-order valence-corrected chi connectivity index (χ3v) is 7.95. The van der Waals surface area contributed by atoms with Gasteiger partial charge in [-0.3, -0.25) is 19.5 Å². The van der Waals surface area contributed by atoms with Crippen LogP contribution in [0.4, 0.5) is 5.69 Å². The van der Waals surface area contributed by atoms with Gasteiger partial charge in [-0.25, -0.2) is 9.79 Å². The molecule has 0 saturated carbocycles. The number of allylic oxidation sites excluding steroid dienone is 1. The molecule has 0 amide bonds. The molecule has 5 rings (SSSR count). The molecule has 0 spiro atoms. The number of nitrogens with zero attached hydrogens (tertiary/aromatic N) is 4. The summed E-state index contributed by atoms with van der Waals surface area (Å²) in [7, 11) is 0. The smallest absolute Gasteiger partial charge is 0.338 e. The molecular weight excluding hydrogens is 528 g/mol. The number of nitro groups is 1. The standard InChI is InChI=1S/C30H28N4O5S/c1-6-39-29(36)26-19(4)31-30-33(27(26)21-12-10-17(2)11-13-21)28(35)25(40-30)15-22-14-18(3)32(20(22)5)23-8-7-9-24(16-23)34(37)38/h7-16,27H,6H2,1-5H3/b25-15+/t27-/m0/s1. The maximum atomic E-state index is 13.9. The lowest BCUT2D eigenvalue weighted by Crippen LogP contribution is -2.39. The molecule has 9 nitrogen and oxygen atoms in total. The summed E-state index contributed by atoms with van der Waals surface area (Å²) in [5.74, 6) is -0.496. The van der Waals surface area contributed by atoms with Gasteiger partial charge in [-0.2, -0.15) is 0 Å². The van der Waals surface area contributed by atoms with Crippen LogP contribution in [0.5, 0.6) is 0 Å². The van der Waals surface area contributed by atoms with E-state index in [9.17, 15) is 19.7 Å². The molecule has 3 heterocycles. The van der Waals surface area contributed by atoms with E-state index in [0.29, 0.717) is 26.3 Å². The molecule has 1 aliphatic rings. The average Bonchev–Trinajstić information content (AvgIpc) is 3.37. The van der Waals surface area contributed by atoms with E-state index in [2.05, 4.69) is 4.99 Å². The van der Waals surface area contributed by atoms with Gasteiger partial charge in [-0.05, 0) is 64.0 Å². The number of aromatic nitrogens is 2. The molecule has 2 aromatic heterocycles. The van der Waals surface area contributed by atoms with Crippen LogP contribution in [0.25, 0.3) is 11.8 Å². The molecule has 10 heteroatoms. The Balaban J connectivity index is 1.68. The highest BCUT2D eigenvalue weighted by Gasteiger charge is 2.33. The number of ether oxygens (including phenoxy) is 1. The zero-order valence-corrected chi connectivity index (χ0v) is 23.6. The van der Waals surface area contributed by atoms with Crippen molar-refractivity contribution >= 4 is 29.1 Å². The highest BCUT2D eigenvalue weighted by Crippen LogP contribution is 2.31. The van der Waals surface area contributed by atoms with Crippen molar-refractivity contribution in [3.05, 3.63) is 124 Å². The van der Waals surface area contributed by atoms with Crippen LogP contribution in [0.3, 0.4) is 0 Å². The third-order valence-electron chi connectivity index (χ3n) is 6.97. The Morgan fingerprint density at radius 3 is 2.52 bits per heavy atom. The first kappa shape index (κ1) is 27.0. The lowest BCUT2D eigenvalue weighted by molar-refractivity contribution is -0.384. The summed E-state index contributed by atoms with van der Waals surface area (Å²) < 4.78 is 9.32. The average molecular weight is 557 g/mol. The van der Waals surface area contributed by atoms with Crippen molar-refractivity contribution in [3.63, 3.8) is 0 Å². The molecule has 2 aromatic carbocycles. The molecule has 0 fully saturated rings. The summed E-state index contributed by atoms with van der Waals surface area (Å²) in [4.78, 5) is 43.0. The Morgan fingerprint density at radius 2 is 1.85 bits per heavy atom. The van der Waals surface area contributed by atoms with Gasteiger partial charge < -0.3 is 9.30 Å². The van der Waals surface area contributed by atoms with E-state index < -0.39 is 16.9 Å². The lowest BCUT2D eigenvalue weighted by Gasteiger charge is -2.24. The molecule has 204 valence electrons. The van der Waals surface area contributed by atoms with Crippen molar-refractivity contribution in [2.24, 2.45) is 4.99 Å². The number of rotatable bonds is 6. The largest absolute Gasteiger partial charge is 0.463 e. The van der Waals surface area contributed by atoms with Gasteiger partial charge in [0.1, 0.15) is 0 Å². The Morgan fingerprint density at radius 1 is 1.12 bits per heavy atom. The van der Waals surface area contributed by atoms with Gasteiger partial charge in [0.15, 0.2) is 4.80 Å². The van der Waals surface area contributed by atoms with Crippen LogP contribution in [0.15, 0.2) is 75.7 Å². The van der Waals surface area contributed by atoms with Crippen LogP contribution >= 0.6 is 11.3 Å². The molecule has 0 aliphatic carbocycles. The lowest BCUT2D eigenvalue weighted by atomic mass is 9.95. The maximum Gasteiger partial charge on any atom is 0.338 e. The molecule has 40 heavy (non-hydrogen) atoms. The molecule has 1 atom stereocenters. The highest BCUT2D eigenvalue weighted by molar-refractivity contribution is 7.07. The number of hydrogen-bond donors (Lipinski definition) is 0. The van der Waals surface area contributed by atoms with E-state index in [4.69, 9.17) is 4.74 Å². The van der Waals surface area contributed by atoms with Crippen molar-refractivity contribution in [1.29, 1.82) is 0 Å². The zero-order chi connectivity index (χ0) is 28.7. The number of carbonyl (C=O) groups excluding carboxylic acids is 1.